The fraction of sp³-hybridized carbons (Fsp3) is 0.538. The Labute approximate surface area is 117 Å². The van der Waals surface area contributed by atoms with Crippen molar-refractivity contribution in [3.63, 3.8) is 0 Å². The molecule has 1 aliphatic rings. The molecule has 1 N–H and O–H groups in total. The van der Waals surface area contributed by atoms with Crippen molar-refractivity contribution in [1.82, 2.24) is 5.32 Å². The lowest BCUT2D eigenvalue weighted by Crippen LogP contribution is -2.36. The molecule has 3 nitrogen and oxygen atoms in total. The Morgan fingerprint density at radius 3 is 3.00 bits per heavy atom. The third kappa shape index (κ3) is 3.12. The second-order valence-electron chi connectivity index (χ2n) is 4.14. The summed E-state index contributed by atoms with van der Waals surface area (Å²) in [5.41, 5.74) is 1.14. The Morgan fingerprint density at radius 1 is 1.56 bits per heavy atom. The van der Waals surface area contributed by atoms with E-state index in [-0.39, 0.29) is 12.1 Å². The van der Waals surface area contributed by atoms with Crippen LogP contribution in [0, 0.1) is 0 Å². The van der Waals surface area contributed by atoms with Crippen LogP contribution in [0.2, 0.25) is 5.02 Å². The van der Waals surface area contributed by atoms with Crippen molar-refractivity contribution in [2.24, 2.45) is 0 Å². The van der Waals surface area contributed by atoms with Crippen molar-refractivity contribution < 1.29 is 9.47 Å². The molecular weight excluding hydrogens is 270 g/mol. The van der Waals surface area contributed by atoms with E-state index in [0.29, 0.717) is 10.8 Å². The molecule has 0 saturated carbocycles. The van der Waals surface area contributed by atoms with Gasteiger partial charge in [0.2, 0.25) is 0 Å². The van der Waals surface area contributed by atoms with Crippen LogP contribution in [-0.4, -0.2) is 38.4 Å². The van der Waals surface area contributed by atoms with Gasteiger partial charge in [-0.1, -0.05) is 17.7 Å². The van der Waals surface area contributed by atoms with Gasteiger partial charge >= 0.3 is 0 Å². The molecule has 0 spiro atoms. The van der Waals surface area contributed by atoms with E-state index in [0.717, 1.165) is 23.7 Å². The van der Waals surface area contributed by atoms with E-state index in [1.165, 1.54) is 0 Å². The molecule has 0 aliphatic carbocycles. The molecule has 1 saturated heterocycles. The summed E-state index contributed by atoms with van der Waals surface area (Å²) >= 11 is 7.98. The van der Waals surface area contributed by atoms with Crippen molar-refractivity contribution >= 4 is 23.4 Å². The van der Waals surface area contributed by atoms with Gasteiger partial charge in [-0.15, -0.1) is 0 Å². The van der Waals surface area contributed by atoms with Crippen molar-refractivity contribution in [3.05, 3.63) is 28.8 Å². The number of ether oxygens (including phenoxy) is 2. The molecule has 5 heteroatoms. The lowest BCUT2D eigenvalue weighted by molar-refractivity contribution is 0.0488. The van der Waals surface area contributed by atoms with Gasteiger partial charge in [-0.05, 0) is 24.7 Å². The summed E-state index contributed by atoms with van der Waals surface area (Å²) in [6.45, 7) is 0.818. The summed E-state index contributed by atoms with van der Waals surface area (Å²) in [6.07, 6.45) is 0.194. The van der Waals surface area contributed by atoms with Gasteiger partial charge in [0.1, 0.15) is 5.75 Å². The molecule has 0 radical (unpaired) electrons. The molecule has 0 aromatic heterocycles. The van der Waals surface area contributed by atoms with Gasteiger partial charge in [0.25, 0.3) is 0 Å². The van der Waals surface area contributed by atoms with E-state index < -0.39 is 0 Å². The summed E-state index contributed by atoms with van der Waals surface area (Å²) in [5.74, 6) is 2.80. The van der Waals surface area contributed by atoms with Crippen LogP contribution >= 0.6 is 23.4 Å². The fourth-order valence-electron chi connectivity index (χ4n) is 2.14. The molecule has 100 valence electrons. The minimum absolute atomic E-state index is 0.170. The molecule has 2 rings (SSSR count). The smallest absolute Gasteiger partial charge is 0.137 e. The van der Waals surface area contributed by atoms with Gasteiger partial charge in [-0.2, -0.15) is 11.8 Å². The van der Waals surface area contributed by atoms with Crippen molar-refractivity contribution in [1.29, 1.82) is 0 Å². The first-order chi connectivity index (χ1) is 8.76. The number of benzene rings is 1. The Kier molecular flexibility index (Phi) is 5.18. The fourth-order valence-corrected chi connectivity index (χ4v) is 3.23. The van der Waals surface area contributed by atoms with E-state index in [2.05, 4.69) is 5.32 Å². The Morgan fingerprint density at radius 2 is 2.39 bits per heavy atom. The quantitative estimate of drug-likeness (QED) is 0.922. The van der Waals surface area contributed by atoms with Crippen molar-refractivity contribution in [2.45, 2.75) is 12.1 Å². The van der Waals surface area contributed by atoms with Crippen LogP contribution in [0.1, 0.15) is 11.6 Å². The lowest BCUT2D eigenvalue weighted by atomic mass is 10.0. The van der Waals surface area contributed by atoms with Crippen LogP contribution in [0.15, 0.2) is 18.2 Å². The minimum Gasteiger partial charge on any atom is -0.495 e. The number of hydrogen-bond donors (Lipinski definition) is 1. The summed E-state index contributed by atoms with van der Waals surface area (Å²) in [7, 11) is 3.58. The monoisotopic (exact) mass is 287 g/mol. The number of thioether (sulfide) groups is 1. The lowest BCUT2D eigenvalue weighted by Gasteiger charge is -2.30. The summed E-state index contributed by atoms with van der Waals surface area (Å²) in [6, 6.07) is 6.04. The SMILES string of the molecule is CNC(c1ccc(Cl)c(OC)c1)C1CSCCO1. The third-order valence-corrected chi connectivity index (χ3v) is 4.39. The van der Waals surface area contributed by atoms with Crippen LogP contribution in [0.3, 0.4) is 0 Å². The molecule has 2 unspecified atom stereocenters. The highest BCUT2D eigenvalue weighted by atomic mass is 35.5. The summed E-state index contributed by atoms with van der Waals surface area (Å²) < 4.78 is 11.1. The van der Waals surface area contributed by atoms with Crippen LogP contribution < -0.4 is 10.1 Å². The highest BCUT2D eigenvalue weighted by Gasteiger charge is 2.25. The molecule has 1 fully saturated rings. The van der Waals surface area contributed by atoms with E-state index in [4.69, 9.17) is 21.1 Å². The van der Waals surface area contributed by atoms with Gasteiger partial charge in [-0.25, -0.2) is 0 Å². The van der Waals surface area contributed by atoms with Gasteiger partial charge in [0.05, 0.1) is 30.9 Å². The number of nitrogens with one attached hydrogen (secondary N) is 1. The largest absolute Gasteiger partial charge is 0.495 e. The summed E-state index contributed by atoms with van der Waals surface area (Å²) in [4.78, 5) is 0. The maximum Gasteiger partial charge on any atom is 0.137 e. The normalized spacial score (nSPS) is 21.6. The highest BCUT2D eigenvalue weighted by Crippen LogP contribution is 2.31. The molecule has 18 heavy (non-hydrogen) atoms. The van der Waals surface area contributed by atoms with E-state index in [1.807, 2.05) is 37.0 Å². The van der Waals surface area contributed by atoms with E-state index >= 15 is 0 Å². The first-order valence-corrected chi connectivity index (χ1v) is 7.49. The van der Waals surface area contributed by atoms with Gasteiger partial charge in [0.15, 0.2) is 0 Å². The zero-order valence-corrected chi connectivity index (χ0v) is 12.2. The Bertz CT molecular complexity index is 397. The zero-order chi connectivity index (χ0) is 13.0. The first-order valence-electron chi connectivity index (χ1n) is 5.96. The maximum absolute atomic E-state index is 6.05. The molecule has 0 amide bonds. The maximum atomic E-state index is 6.05. The Balaban J connectivity index is 2.20. The van der Waals surface area contributed by atoms with Crippen LogP contribution in [0.5, 0.6) is 5.75 Å². The van der Waals surface area contributed by atoms with E-state index in [9.17, 15) is 0 Å². The molecule has 0 bridgehead atoms. The van der Waals surface area contributed by atoms with Crippen LogP contribution in [0.4, 0.5) is 0 Å². The number of likely N-dealkylation sites (N-methyl/N-ethyl adjacent to an activating group) is 1. The molecule has 2 atom stereocenters. The highest BCUT2D eigenvalue weighted by molar-refractivity contribution is 7.99. The van der Waals surface area contributed by atoms with Gasteiger partial charge in [0, 0.05) is 11.5 Å². The summed E-state index contributed by atoms with van der Waals surface area (Å²) in [5, 5.41) is 3.96. The second kappa shape index (κ2) is 6.66. The second-order valence-corrected chi connectivity index (χ2v) is 5.70. The molecular formula is C13H18ClNO2S. The van der Waals surface area contributed by atoms with Crippen molar-refractivity contribution in [3.8, 4) is 5.75 Å². The standard InChI is InChI=1S/C13H18ClNO2S/c1-15-13(12-8-18-6-5-17-12)9-3-4-10(14)11(7-9)16-2/h3-4,7,12-13,15H,5-6,8H2,1-2H3. The van der Waals surface area contributed by atoms with E-state index in [1.54, 1.807) is 7.11 Å². The molecule has 1 aromatic rings. The number of rotatable bonds is 4. The molecule has 1 heterocycles. The first kappa shape index (κ1) is 14.0. The molecule has 1 aromatic carbocycles. The average Bonchev–Trinajstić information content (AvgIpc) is 2.42. The van der Waals surface area contributed by atoms with Crippen molar-refractivity contribution in [2.75, 3.05) is 32.3 Å². The average molecular weight is 288 g/mol. The number of methoxy groups -OCH3 is 1. The van der Waals surface area contributed by atoms with Crippen LogP contribution in [-0.2, 0) is 4.74 Å². The van der Waals surface area contributed by atoms with Gasteiger partial charge < -0.3 is 14.8 Å². The number of hydrogen-bond acceptors (Lipinski definition) is 4. The van der Waals surface area contributed by atoms with Gasteiger partial charge in [-0.3, -0.25) is 0 Å². The third-order valence-electron chi connectivity index (χ3n) is 3.06. The minimum atomic E-state index is 0.170. The zero-order valence-electron chi connectivity index (χ0n) is 10.6. The predicted octanol–water partition coefficient (Wildman–Crippen LogP) is 2.74. The number of halogens is 1. The Hall–Kier alpha value is -0.420. The topological polar surface area (TPSA) is 30.5 Å². The predicted molar refractivity (Wildman–Crippen MR) is 76.9 cm³/mol. The molecule has 1 aliphatic heterocycles. The van der Waals surface area contributed by atoms with Crippen LogP contribution in [0.25, 0.3) is 0 Å².